The summed E-state index contributed by atoms with van der Waals surface area (Å²) in [5.41, 5.74) is 0.597. The zero-order chi connectivity index (χ0) is 20.5. The third-order valence-corrected chi connectivity index (χ3v) is 4.66. The highest BCUT2D eigenvalue weighted by atomic mass is 16.4. The molecule has 1 unspecified atom stereocenters. The average molecular weight is 393 g/mol. The zero-order valence-electron chi connectivity index (χ0n) is 14.9. The van der Waals surface area contributed by atoms with Crippen molar-refractivity contribution in [2.24, 2.45) is 0 Å². The fourth-order valence-electron chi connectivity index (χ4n) is 3.28. The number of hydrogen-bond donors (Lipinski definition) is 2. The van der Waals surface area contributed by atoms with E-state index < -0.39 is 29.5 Å². The Hall–Kier alpha value is -4.07. The fraction of sp³-hybridized carbons (Fsp3) is 0.0952. The number of ketones is 1. The van der Waals surface area contributed by atoms with Crippen molar-refractivity contribution in [3.8, 4) is 0 Å². The number of carboxylic acids is 1. The molecule has 3 aromatic rings. The SMILES string of the molecule is O=C(O)c1ccc(CN2C(=O)C(O)=C(C(=O)c3ccco3)C2c2ccco2)cc1. The lowest BCUT2D eigenvalue weighted by Crippen LogP contribution is -2.30. The quantitative estimate of drug-likeness (QED) is 0.616. The van der Waals surface area contributed by atoms with Crippen LogP contribution in [0.3, 0.4) is 0 Å². The number of aliphatic hydroxyl groups is 1. The van der Waals surface area contributed by atoms with E-state index in [1.165, 1.54) is 41.7 Å². The number of rotatable bonds is 6. The first-order valence-electron chi connectivity index (χ1n) is 8.65. The van der Waals surface area contributed by atoms with Crippen LogP contribution in [0.4, 0.5) is 0 Å². The summed E-state index contributed by atoms with van der Waals surface area (Å²) in [4.78, 5) is 38.0. The number of benzene rings is 1. The Morgan fingerprint density at radius 2 is 1.69 bits per heavy atom. The Bertz CT molecular complexity index is 1090. The van der Waals surface area contributed by atoms with E-state index in [0.29, 0.717) is 11.3 Å². The number of hydrogen-bond acceptors (Lipinski definition) is 6. The van der Waals surface area contributed by atoms with Gasteiger partial charge < -0.3 is 23.9 Å². The molecule has 29 heavy (non-hydrogen) atoms. The maximum Gasteiger partial charge on any atom is 0.335 e. The van der Waals surface area contributed by atoms with Gasteiger partial charge in [-0.15, -0.1) is 0 Å². The third kappa shape index (κ3) is 3.20. The lowest BCUT2D eigenvalue weighted by atomic mass is 9.99. The normalized spacial score (nSPS) is 16.5. The van der Waals surface area contributed by atoms with E-state index in [1.54, 1.807) is 24.3 Å². The van der Waals surface area contributed by atoms with Gasteiger partial charge in [-0.25, -0.2) is 4.79 Å². The van der Waals surface area contributed by atoms with Crippen molar-refractivity contribution in [2.75, 3.05) is 0 Å². The molecular formula is C21H15NO7. The van der Waals surface area contributed by atoms with Crippen molar-refractivity contribution in [3.05, 3.63) is 95.0 Å². The van der Waals surface area contributed by atoms with Gasteiger partial charge in [0.05, 0.1) is 23.7 Å². The van der Waals surface area contributed by atoms with Gasteiger partial charge in [-0.3, -0.25) is 9.59 Å². The lowest BCUT2D eigenvalue weighted by molar-refractivity contribution is -0.130. The molecule has 0 bridgehead atoms. The second-order valence-corrected chi connectivity index (χ2v) is 6.42. The van der Waals surface area contributed by atoms with E-state index in [1.807, 2.05) is 0 Å². The van der Waals surface area contributed by atoms with Crippen LogP contribution < -0.4 is 0 Å². The number of aliphatic hydroxyl groups excluding tert-OH is 1. The molecule has 8 nitrogen and oxygen atoms in total. The maximum atomic E-state index is 12.9. The molecule has 1 aromatic carbocycles. The molecule has 0 saturated heterocycles. The predicted octanol–water partition coefficient (Wildman–Crippen LogP) is 3.35. The molecule has 2 aromatic heterocycles. The number of furan rings is 2. The van der Waals surface area contributed by atoms with Gasteiger partial charge >= 0.3 is 5.97 Å². The van der Waals surface area contributed by atoms with Gasteiger partial charge in [-0.2, -0.15) is 0 Å². The summed E-state index contributed by atoms with van der Waals surface area (Å²) in [7, 11) is 0. The smallest absolute Gasteiger partial charge is 0.335 e. The molecule has 2 N–H and O–H groups in total. The Morgan fingerprint density at radius 1 is 1.00 bits per heavy atom. The monoisotopic (exact) mass is 393 g/mol. The van der Waals surface area contributed by atoms with Gasteiger partial charge in [0.1, 0.15) is 11.8 Å². The van der Waals surface area contributed by atoms with Crippen molar-refractivity contribution >= 4 is 17.7 Å². The molecule has 8 heteroatoms. The van der Waals surface area contributed by atoms with Gasteiger partial charge in [0.2, 0.25) is 5.78 Å². The summed E-state index contributed by atoms with van der Waals surface area (Å²) in [5, 5.41) is 19.5. The molecule has 0 spiro atoms. The largest absolute Gasteiger partial charge is 0.503 e. The Kier molecular flexibility index (Phi) is 4.52. The van der Waals surface area contributed by atoms with Gasteiger partial charge in [0.25, 0.3) is 5.91 Å². The van der Waals surface area contributed by atoms with Crippen LogP contribution in [0.15, 0.2) is 81.2 Å². The minimum Gasteiger partial charge on any atom is -0.503 e. The number of nitrogens with zero attached hydrogens (tertiary/aromatic N) is 1. The molecule has 0 aliphatic carbocycles. The number of carboxylic acid groups (broad SMARTS) is 1. The van der Waals surface area contributed by atoms with Crippen LogP contribution in [-0.2, 0) is 11.3 Å². The molecular weight excluding hydrogens is 378 g/mol. The molecule has 0 radical (unpaired) electrons. The van der Waals surface area contributed by atoms with Crippen LogP contribution in [0.2, 0.25) is 0 Å². The third-order valence-electron chi connectivity index (χ3n) is 4.66. The summed E-state index contributed by atoms with van der Waals surface area (Å²) in [5.74, 6) is -2.79. The molecule has 3 heterocycles. The number of carbonyl (C=O) groups excluding carboxylic acids is 2. The van der Waals surface area contributed by atoms with E-state index >= 15 is 0 Å². The van der Waals surface area contributed by atoms with Crippen LogP contribution in [-0.4, -0.2) is 32.8 Å². The molecule has 146 valence electrons. The topological polar surface area (TPSA) is 121 Å². The Labute approximate surface area is 164 Å². The summed E-state index contributed by atoms with van der Waals surface area (Å²) in [6, 6.07) is 11.2. The van der Waals surface area contributed by atoms with Crippen LogP contribution >= 0.6 is 0 Å². The van der Waals surface area contributed by atoms with E-state index in [-0.39, 0.29) is 23.4 Å². The van der Waals surface area contributed by atoms with Crippen molar-refractivity contribution in [1.82, 2.24) is 4.90 Å². The van der Waals surface area contributed by atoms with Gasteiger partial charge in [0, 0.05) is 6.54 Å². The first-order chi connectivity index (χ1) is 14.0. The van der Waals surface area contributed by atoms with Gasteiger partial charge in [-0.1, -0.05) is 12.1 Å². The van der Waals surface area contributed by atoms with Crippen LogP contribution in [0, 0.1) is 0 Å². The van der Waals surface area contributed by atoms with Crippen molar-refractivity contribution < 1.29 is 33.4 Å². The highest BCUT2D eigenvalue weighted by Gasteiger charge is 2.45. The van der Waals surface area contributed by atoms with Crippen LogP contribution in [0.1, 0.15) is 38.3 Å². The van der Waals surface area contributed by atoms with Gasteiger partial charge in [0.15, 0.2) is 11.5 Å². The number of carbonyl (C=O) groups is 3. The van der Waals surface area contributed by atoms with Crippen molar-refractivity contribution in [1.29, 1.82) is 0 Å². The van der Waals surface area contributed by atoms with Crippen molar-refractivity contribution in [3.63, 3.8) is 0 Å². The highest BCUT2D eigenvalue weighted by Crippen LogP contribution is 2.40. The van der Waals surface area contributed by atoms with E-state index in [9.17, 15) is 19.5 Å². The molecule has 1 amide bonds. The lowest BCUT2D eigenvalue weighted by Gasteiger charge is -2.24. The fourth-order valence-corrected chi connectivity index (χ4v) is 3.28. The Balaban J connectivity index is 1.71. The second-order valence-electron chi connectivity index (χ2n) is 6.42. The zero-order valence-corrected chi connectivity index (χ0v) is 14.9. The van der Waals surface area contributed by atoms with E-state index in [4.69, 9.17) is 13.9 Å². The summed E-state index contributed by atoms with van der Waals surface area (Å²) >= 11 is 0. The molecule has 1 atom stereocenters. The first kappa shape index (κ1) is 18.3. The highest BCUT2D eigenvalue weighted by molar-refractivity contribution is 6.14. The van der Waals surface area contributed by atoms with Crippen LogP contribution in [0.5, 0.6) is 0 Å². The number of amides is 1. The predicted molar refractivity (Wildman–Crippen MR) is 98.1 cm³/mol. The molecule has 4 rings (SSSR count). The first-order valence-corrected chi connectivity index (χ1v) is 8.65. The van der Waals surface area contributed by atoms with Crippen LogP contribution in [0.25, 0.3) is 0 Å². The summed E-state index contributed by atoms with van der Waals surface area (Å²) in [6.07, 6.45) is 2.73. The molecule has 1 aliphatic rings. The Morgan fingerprint density at radius 3 is 2.28 bits per heavy atom. The minimum absolute atomic E-state index is 0.0106. The number of aromatic carboxylic acids is 1. The van der Waals surface area contributed by atoms with E-state index in [0.717, 1.165) is 0 Å². The molecule has 0 fully saturated rings. The van der Waals surface area contributed by atoms with E-state index in [2.05, 4.69) is 0 Å². The standard InChI is InChI=1S/C21H15NO7/c23-18(15-4-2-10-29-15)16-17(14-3-1-9-28-14)22(20(25)19(16)24)11-12-5-7-13(8-6-12)21(26)27/h1-10,17,24H,11H2,(H,26,27). The average Bonchev–Trinajstić information content (AvgIpc) is 3.46. The number of Topliss-reactive ketones (excluding diaryl/α,β-unsaturated/α-hetero) is 1. The minimum atomic E-state index is -1.06. The van der Waals surface area contributed by atoms with Crippen molar-refractivity contribution in [2.45, 2.75) is 12.6 Å². The second kappa shape index (κ2) is 7.16. The van der Waals surface area contributed by atoms with Gasteiger partial charge in [-0.05, 0) is 42.0 Å². The molecule has 0 saturated carbocycles. The molecule has 1 aliphatic heterocycles. The summed E-state index contributed by atoms with van der Waals surface area (Å²) < 4.78 is 10.6. The summed E-state index contributed by atoms with van der Waals surface area (Å²) in [6.45, 7) is 0.0308. The maximum absolute atomic E-state index is 12.9.